The molecule has 1 unspecified atom stereocenters. The van der Waals surface area contributed by atoms with Crippen molar-refractivity contribution < 1.29 is 22.0 Å². The molecule has 0 saturated heterocycles. The third-order valence-electron chi connectivity index (χ3n) is 3.13. The van der Waals surface area contributed by atoms with Gasteiger partial charge < -0.3 is 0 Å². The number of hydrogen-bond acceptors (Lipinski definition) is 2. The van der Waals surface area contributed by atoms with Crippen LogP contribution in [0.4, 0.5) is 22.0 Å². The van der Waals surface area contributed by atoms with Crippen molar-refractivity contribution in [3.05, 3.63) is 70.0 Å². The first-order valence-electron chi connectivity index (χ1n) is 5.91. The summed E-state index contributed by atoms with van der Waals surface area (Å²) in [5, 5.41) is 0. The minimum atomic E-state index is -1.69. The van der Waals surface area contributed by atoms with Crippen molar-refractivity contribution in [1.82, 2.24) is 5.43 Å². The van der Waals surface area contributed by atoms with Crippen LogP contribution < -0.4 is 11.3 Å². The van der Waals surface area contributed by atoms with Gasteiger partial charge in [0.05, 0.1) is 6.04 Å². The molecule has 0 aliphatic heterocycles. The lowest BCUT2D eigenvalue weighted by Crippen LogP contribution is -2.30. The van der Waals surface area contributed by atoms with Gasteiger partial charge in [-0.1, -0.05) is 6.07 Å². The second-order valence-electron chi connectivity index (χ2n) is 4.49. The molecule has 112 valence electrons. The Balaban J connectivity index is 2.60. The third-order valence-corrected chi connectivity index (χ3v) is 3.13. The van der Waals surface area contributed by atoms with E-state index < -0.39 is 35.1 Å². The van der Waals surface area contributed by atoms with Gasteiger partial charge in [0, 0.05) is 17.2 Å². The first-order valence-corrected chi connectivity index (χ1v) is 5.91. The Hall–Kier alpha value is -1.99. The minimum absolute atomic E-state index is 0.106. The highest BCUT2D eigenvalue weighted by atomic mass is 19.2. The predicted octanol–water partition coefficient (Wildman–Crippen LogP) is 3.24. The van der Waals surface area contributed by atoms with Crippen LogP contribution in [0.2, 0.25) is 0 Å². The molecule has 2 aromatic rings. The monoisotopic (exact) mass is 302 g/mol. The van der Waals surface area contributed by atoms with E-state index in [-0.39, 0.29) is 16.7 Å². The maximum atomic E-state index is 13.8. The number of hydrazine groups is 1. The zero-order valence-electron chi connectivity index (χ0n) is 10.9. The zero-order valence-corrected chi connectivity index (χ0v) is 10.9. The Morgan fingerprint density at radius 1 is 0.857 bits per heavy atom. The van der Waals surface area contributed by atoms with Crippen molar-refractivity contribution in [2.24, 2.45) is 5.84 Å². The van der Waals surface area contributed by atoms with Crippen molar-refractivity contribution in [3.63, 3.8) is 0 Å². The minimum Gasteiger partial charge on any atom is -0.271 e. The Morgan fingerprint density at radius 2 is 1.52 bits per heavy atom. The predicted molar refractivity (Wildman–Crippen MR) is 66.6 cm³/mol. The molecule has 0 bridgehead atoms. The topological polar surface area (TPSA) is 38.0 Å². The number of nitrogens with one attached hydrogen (secondary N) is 1. The lowest BCUT2D eigenvalue weighted by molar-refractivity contribution is 0.431. The number of rotatable bonds is 3. The van der Waals surface area contributed by atoms with E-state index in [1.165, 1.54) is 6.92 Å². The molecule has 3 N–H and O–H groups in total. The van der Waals surface area contributed by atoms with Crippen LogP contribution in [0, 0.1) is 36.0 Å². The molecule has 0 aliphatic rings. The molecular weight excluding hydrogens is 291 g/mol. The average molecular weight is 302 g/mol. The summed E-state index contributed by atoms with van der Waals surface area (Å²) < 4.78 is 67.1. The largest absolute Gasteiger partial charge is 0.271 e. The molecule has 2 aromatic carbocycles. The van der Waals surface area contributed by atoms with Crippen molar-refractivity contribution in [2.45, 2.75) is 13.0 Å². The lowest BCUT2D eigenvalue weighted by atomic mass is 9.96. The van der Waals surface area contributed by atoms with E-state index in [2.05, 4.69) is 5.43 Å². The van der Waals surface area contributed by atoms with Crippen LogP contribution in [-0.2, 0) is 0 Å². The summed E-state index contributed by atoms with van der Waals surface area (Å²) in [6, 6.07) is 2.09. The van der Waals surface area contributed by atoms with E-state index in [0.29, 0.717) is 12.1 Å². The van der Waals surface area contributed by atoms with E-state index in [9.17, 15) is 22.0 Å². The van der Waals surface area contributed by atoms with Gasteiger partial charge in [-0.25, -0.2) is 27.4 Å². The van der Waals surface area contributed by atoms with E-state index in [4.69, 9.17) is 5.84 Å². The molecule has 7 heteroatoms. The highest BCUT2D eigenvalue weighted by Gasteiger charge is 2.24. The fourth-order valence-electron chi connectivity index (χ4n) is 2.01. The first-order chi connectivity index (χ1) is 9.86. The molecule has 0 spiro atoms. The molecule has 0 fully saturated rings. The summed E-state index contributed by atoms with van der Waals surface area (Å²) in [6.45, 7) is 1.38. The number of nitrogens with two attached hydrogens (primary N) is 1. The quantitative estimate of drug-likeness (QED) is 0.395. The summed E-state index contributed by atoms with van der Waals surface area (Å²) in [6.07, 6.45) is 0. The molecular formula is C14H11F5N2. The van der Waals surface area contributed by atoms with Crippen LogP contribution in [0.3, 0.4) is 0 Å². The van der Waals surface area contributed by atoms with Crippen LogP contribution in [0.15, 0.2) is 24.3 Å². The fraction of sp³-hybridized carbons (Fsp3) is 0.143. The van der Waals surface area contributed by atoms with E-state index in [0.717, 1.165) is 12.1 Å². The van der Waals surface area contributed by atoms with Gasteiger partial charge in [0.15, 0.2) is 17.5 Å². The maximum Gasteiger partial charge on any atom is 0.194 e. The van der Waals surface area contributed by atoms with Gasteiger partial charge in [-0.2, -0.15) is 0 Å². The van der Waals surface area contributed by atoms with Gasteiger partial charge >= 0.3 is 0 Å². The van der Waals surface area contributed by atoms with E-state index in [1.54, 1.807) is 0 Å². The first kappa shape index (κ1) is 15.4. The molecule has 0 radical (unpaired) electrons. The highest BCUT2D eigenvalue weighted by Crippen LogP contribution is 2.29. The zero-order chi connectivity index (χ0) is 15.7. The number of benzene rings is 2. The van der Waals surface area contributed by atoms with E-state index >= 15 is 0 Å². The standard InChI is InChI=1S/C14H11F5N2/c1-6-4-8(11(17)5-10(6)16)14(21-20)7-2-3-9(15)13(19)12(7)18/h2-5,14,21H,20H2,1H3. The van der Waals surface area contributed by atoms with Crippen molar-refractivity contribution in [1.29, 1.82) is 0 Å². The lowest BCUT2D eigenvalue weighted by Gasteiger charge is -2.19. The molecule has 0 aromatic heterocycles. The Kier molecular flexibility index (Phi) is 4.24. The highest BCUT2D eigenvalue weighted by molar-refractivity contribution is 5.36. The second kappa shape index (κ2) is 5.79. The Bertz CT molecular complexity index is 686. The molecule has 2 rings (SSSR count). The van der Waals surface area contributed by atoms with Crippen LogP contribution in [0.1, 0.15) is 22.7 Å². The van der Waals surface area contributed by atoms with Gasteiger partial charge in [0.25, 0.3) is 0 Å². The maximum absolute atomic E-state index is 13.8. The van der Waals surface area contributed by atoms with Crippen molar-refractivity contribution >= 4 is 0 Å². The van der Waals surface area contributed by atoms with Gasteiger partial charge in [-0.3, -0.25) is 5.84 Å². The molecule has 0 saturated carbocycles. The van der Waals surface area contributed by atoms with Gasteiger partial charge in [0.2, 0.25) is 0 Å². The summed E-state index contributed by atoms with van der Waals surface area (Å²) in [5.41, 5.74) is 1.66. The van der Waals surface area contributed by atoms with Gasteiger partial charge in [0.1, 0.15) is 11.6 Å². The smallest absolute Gasteiger partial charge is 0.194 e. The summed E-state index contributed by atoms with van der Waals surface area (Å²) in [7, 11) is 0. The summed E-state index contributed by atoms with van der Waals surface area (Å²) in [5.74, 6) is -1.05. The molecule has 0 heterocycles. The number of hydrogen-bond donors (Lipinski definition) is 2. The molecule has 0 aliphatic carbocycles. The van der Waals surface area contributed by atoms with E-state index in [1.807, 2.05) is 0 Å². The molecule has 21 heavy (non-hydrogen) atoms. The van der Waals surface area contributed by atoms with Gasteiger partial charge in [-0.05, 0) is 24.6 Å². The second-order valence-corrected chi connectivity index (χ2v) is 4.49. The Labute approximate surface area is 117 Å². The summed E-state index contributed by atoms with van der Waals surface area (Å²) in [4.78, 5) is 0. The van der Waals surface area contributed by atoms with Crippen molar-refractivity contribution in [3.8, 4) is 0 Å². The Morgan fingerprint density at radius 3 is 2.14 bits per heavy atom. The summed E-state index contributed by atoms with van der Waals surface area (Å²) >= 11 is 0. The average Bonchev–Trinajstić information content (AvgIpc) is 2.44. The number of aryl methyl sites for hydroxylation is 1. The fourth-order valence-corrected chi connectivity index (χ4v) is 2.01. The third kappa shape index (κ3) is 2.74. The molecule has 1 atom stereocenters. The van der Waals surface area contributed by atoms with Crippen molar-refractivity contribution in [2.75, 3.05) is 0 Å². The molecule has 2 nitrogen and oxygen atoms in total. The van der Waals surface area contributed by atoms with Gasteiger partial charge in [-0.15, -0.1) is 0 Å². The normalized spacial score (nSPS) is 12.5. The molecule has 0 amide bonds. The van der Waals surface area contributed by atoms with Crippen LogP contribution >= 0.6 is 0 Å². The van der Waals surface area contributed by atoms with Crippen LogP contribution in [0.25, 0.3) is 0 Å². The SMILES string of the molecule is Cc1cc(C(NN)c2ccc(F)c(F)c2F)c(F)cc1F. The number of halogens is 5. The van der Waals surface area contributed by atoms with Crippen LogP contribution in [0.5, 0.6) is 0 Å². The van der Waals surface area contributed by atoms with Crippen LogP contribution in [-0.4, -0.2) is 0 Å².